The Hall–Kier alpha value is -1.54. The van der Waals surface area contributed by atoms with E-state index in [0.717, 1.165) is 10.2 Å². The van der Waals surface area contributed by atoms with Gasteiger partial charge in [0.05, 0.1) is 6.04 Å². The summed E-state index contributed by atoms with van der Waals surface area (Å²) in [6.45, 7) is 3.88. The van der Waals surface area contributed by atoms with E-state index in [1.165, 1.54) is 5.56 Å². The number of benzene rings is 2. The maximum Gasteiger partial charge on any atom is 0.0695 e. The smallest absolute Gasteiger partial charge is 0.0695 e. The Morgan fingerprint density at radius 2 is 1.65 bits per heavy atom. The van der Waals surface area contributed by atoms with Crippen LogP contribution in [0.2, 0.25) is 0 Å². The normalized spacial score (nSPS) is 11.8. The third-order valence-corrected chi connectivity index (χ3v) is 3.09. The largest absolute Gasteiger partial charge is 0.375 e. The average Bonchev–Trinajstić information content (AvgIpc) is 2.39. The van der Waals surface area contributed by atoms with Gasteiger partial charge in [-0.2, -0.15) is 0 Å². The molecular weight excluding hydrogens is 274 g/mol. The number of hydrogen-bond acceptors (Lipinski definition) is 1. The second-order valence-electron chi connectivity index (χ2n) is 3.78. The van der Waals surface area contributed by atoms with Crippen molar-refractivity contribution in [3.8, 4) is 0 Å². The van der Waals surface area contributed by atoms with E-state index in [0.29, 0.717) is 0 Å². The van der Waals surface area contributed by atoms with Crippen LogP contribution in [0.5, 0.6) is 0 Å². The first-order valence-electron chi connectivity index (χ1n) is 5.49. The Labute approximate surface area is 110 Å². The van der Waals surface area contributed by atoms with Crippen LogP contribution in [0.25, 0.3) is 0 Å². The molecule has 0 spiro atoms. The highest BCUT2D eigenvalue weighted by Gasteiger charge is 2.05. The molecule has 0 amide bonds. The van der Waals surface area contributed by atoms with Crippen LogP contribution in [0.15, 0.2) is 71.7 Å². The van der Waals surface area contributed by atoms with E-state index in [-0.39, 0.29) is 6.04 Å². The number of rotatable bonds is 4. The van der Waals surface area contributed by atoms with E-state index >= 15 is 0 Å². The average molecular weight is 288 g/mol. The maximum absolute atomic E-state index is 3.88. The van der Waals surface area contributed by atoms with Crippen LogP contribution in [-0.4, -0.2) is 0 Å². The lowest BCUT2D eigenvalue weighted by Gasteiger charge is -2.16. The van der Waals surface area contributed by atoms with Crippen molar-refractivity contribution < 1.29 is 0 Å². The first kappa shape index (κ1) is 11.9. The summed E-state index contributed by atoms with van der Waals surface area (Å²) in [5.41, 5.74) is 2.30. The molecule has 0 radical (unpaired) electrons. The van der Waals surface area contributed by atoms with Crippen molar-refractivity contribution in [2.75, 3.05) is 5.32 Å². The van der Waals surface area contributed by atoms with Gasteiger partial charge in [-0.1, -0.05) is 52.3 Å². The second kappa shape index (κ2) is 5.69. The van der Waals surface area contributed by atoms with Crippen LogP contribution in [-0.2, 0) is 0 Å². The summed E-state index contributed by atoms with van der Waals surface area (Å²) in [6.07, 6.45) is 1.91. The minimum atomic E-state index is 0.136. The molecule has 1 atom stereocenters. The minimum Gasteiger partial charge on any atom is -0.375 e. The SMILES string of the molecule is C=C[C@@H](Nc1ccc(Br)cc1)c1ccccc1. The molecule has 0 aromatic heterocycles. The van der Waals surface area contributed by atoms with Gasteiger partial charge in [0.2, 0.25) is 0 Å². The topological polar surface area (TPSA) is 12.0 Å². The van der Waals surface area contributed by atoms with Crippen LogP contribution < -0.4 is 5.32 Å². The molecule has 0 aliphatic heterocycles. The third-order valence-electron chi connectivity index (χ3n) is 2.56. The molecule has 1 nitrogen and oxygen atoms in total. The van der Waals surface area contributed by atoms with Crippen molar-refractivity contribution in [1.82, 2.24) is 0 Å². The zero-order valence-electron chi connectivity index (χ0n) is 9.44. The van der Waals surface area contributed by atoms with E-state index in [4.69, 9.17) is 0 Å². The Balaban J connectivity index is 2.16. The molecule has 0 bridgehead atoms. The zero-order chi connectivity index (χ0) is 12.1. The molecule has 2 rings (SSSR count). The molecule has 2 aromatic carbocycles. The summed E-state index contributed by atoms with van der Waals surface area (Å²) < 4.78 is 1.08. The molecule has 0 aliphatic rings. The Morgan fingerprint density at radius 1 is 1.00 bits per heavy atom. The summed E-state index contributed by atoms with van der Waals surface area (Å²) in [6, 6.07) is 18.6. The van der Waals surface area contributed by atoms with E-state index in [1.807, 2.05) is 48.5 Å². The van der Waals surface area contributed by atoms with E-state index in [1.54, 1.807) is 0 Å². The van der Waals surface area contributed by atoms with Crippen LogP contribution in [0.3, 0.4) is 0 Å². The van der Waals surface area contributed by atoms with Gasteiger partial charge in [-0.25, -0.2) is 0 Å². The van der Waals surface area contributed by atoms with Gasteiger partial charge in [-0.3, -0.25) is 0 Å². The predicted molar refractivity (Wildman–Crippen MR) is 77.1 cm³/mol. The Bertz CT molecular complexity index is 476. The lowest BCUT2D eigenvalue weighted by Crippen LogP contribution is -2.07. The minimum absolute atomic E-state index is 0.136. The summed E-state index contributed by atoms with van der Waals surface area (Å²) in [4.78, 5) is 0. The van der Waals surface area contributed by atoms with Crippen molar-refractivity contribution in [3.63, 3.8) is 0 Å². The molecular formula is C15H14BrN. The first-order chi connectivity index (χ1) is 8.29. The van der Waals surface area contributed by atoms with Gasteiger partial charge in [0.1, 0.15) is 0 Å². The van der Waals surface area contributed by atoms with Crippen molar-refractivity contribution in [2.45, 2.75) is 6.04 Å². The summed E-state index contributed by atoms with van der Waals surface area (Å²) in [5.74, 6) is 0. The van der Waals surface area contributed by atoms with Crippen molar-refractivity contribution in [2.24, 2.45) is 0 Å². The van der Waals surface area contributed by atoms with Crippen LogP contribution >= 0.6 is 15.9 Å². The number of anilines is 1. The maximum atomic E-state index is 3.88. The standard InChI is InChI=1S/C15H14BrN/c1-2-15(12-6-4-3-5-7-12)17-14-10-8-13(16)9-11-14/h2-11,15,17H,1H2/t15-/m1/s1. The van der Waals surface area contributed by atoms with Crippen molar-refractivity contribution in [1.29, 1.82) is 0 Å². The lowest BCUT2D eigenvalue weighted by molar-refractivity contribution is 0.988. The monoisotopic (exact) mass is 287 g/mol. The third kappa shape index (κ3) is 3.21. The van der Waals surface area contributed by atoms with E-state index < -0.39 is 0 Å². The fourth-order valence-electron chi connectivity index (χ4n) is 1.66. The molecule has 0 saturated carbocycles. The second-order valence-corrected chi connectivity index (χ2v) is 4.69. The molecule has 0 unspecified atom stereocenters. The van der Waals surface area contributed by atoms with Crippen molar-refractivity contribution >= 4 is 21.6 Å². The highest BCUT2D eigenvalue weighted by Crippen LogP contribution is 2.21. The summed E-state index contributed by atoms with van der Waals surface area (Å²) in [7, 11) is 0. The summed E-state index contributed by atoms with van der Waals surface area (Å²) in [5, 5.41) is 3.43. The molecule has 2 aromatic rings. The van der Waals surface area contributed by atoms with Gasteiger partial charge < -0.3 is 5.32 Å². The quantitative estimate of drug-likeness (QED) is 0.798. The van der Waals surface area contributed by atoms with Gasteiger partial charge >= 0.3 is 0 Å². The van der Waals surface area contributed by atoms with Crippen LogP contribution in [0.1, 0.15) is 11.6 Å². The fourth-order valence-corrected chi connectivity index (χ4v) is 1.93. The van der Waals surface area contributed by atoms with Crippen LogP contribution in [0, 0.1) is 0 Å². The van der Waals surface area contributed by atoms with Crippen LogP contribution in [0.4, 0.5) is 5.69 Å². The molecule has 0 aliphatic carbocycles. The molecule has 0 fully saturated rings. The van der Waals surface area contributed by atoms with E-state index in [9.17, 15) is 0 Å². The molecule has 17 heavy (non-hydrogen) atoms. The van der Waals surface area contributed by atoms with Gasteiger partial charge in [0.15, 0.2) is 0 Å². The lowest BCUT2D eigenvalue weighted by atomic mass is 10.1. The molecule has 2 heteroatoms. The van der Waals surface area contributed by atoms with Crippen molar-refractivity contribution in [3.05, 3.63) is 77.3 Å². The molecule has 1 N–H and O–H groups in total. The Morgan fingerprint density at radius 3 is 2.24 bits per heavy atom. The van der Waals surface area contributed by atoms with E-state index in [2.05, 4.69) is 40.0 Å². The highest BCUT2D eigenvalue weighted by atomic mass is 79.9. The highest BCUT2D eigenvalue weighted by molar-refractivity contribution is 9.10. The fraction of sp³-hybridized carbons (Fsp3) is 0.0667. The zero-order valence-corrected chi connectivity index (χ0v) is 11.0. The number of hydrogen-bond donors (Lipinski definition) is 1. The molecule has 0 heterocycles. The molecule has 86 valence electrons. The summed E-state index contributed by atoms with van der Waals surface area (Å²) >= 11 is 3.43. The first-order valence-corrected chi connectivity index (χ1v) is 6.28. The number of halogens is 1. The molecule has 0 saturated heterocycles. The van der Waals surface area contributed by atoms with Gasteiger partial charge in [0.25, 0.3) is 0 Å². The predicted octanol–water partition coefficient (Wildman–Crippen LogP) is 4.79. The van der Waals surface area contributed by atoms with Gasteiger partial charge in [-0.15, -0.1) is 6.58 Å². The Kier molecular flexibility index (Phi) is 3.99. The number of nitrogens with one attached hydrogen (secondary N) is 1. The van der Waals surface area contributed by atoms with Gasteiger partial charge in [-0.05, 0) is 29.8 Å². The van der Waals surface area contributed by atoms with Gasteiger partial charge in [0, 0.05) is 10.2 Å².